The van der Waals surface area contributed by atoms with Crippen LogP contribution < -0.4 is 0 Å². The molecule has 0 amide bonds. The molecule has 5 aromatic carbocycles. The van der Waals surface area contributed by atoms with Gasteiger partial charge in [-0.1, -0.05) is 133 Å². The first-order chi connectivity index (χ1) is 18.8. The second kappa shape index (κ2) is 10.8. The maximum atomic E-state index is 5.27. The van der Waals surface area contributed by atoms with E-state index in [9.17, 15) is 0 Å². The second-order valence-corrected chi connectivity index (χ2v) is 9.43. The van der Waals surface area contributed by atoms with E-state index in [1.807, 2.05) is 12.1 Å². The summed E-state index contributed by atoms with van der Waals surface area (Å²) in [6.45, 7) is 0. The Kier molecular flexibility index (Phi) is 6.86. The standard InChI is InChI=1S/C36H24N2.Re/c1-5-13-25(14-6-1)31-23-33(27-17-9-3-10-18-27)37-35-29(31)21-22-30-32(26-15-7-2-8-16-26)24-34(38-36(30)35)28-19-11-4-12-20-28;/h1-24H;. The predicted molar refractivity (Wildman–Crippen MR) is 159 cm³/mol. The van der Waals surface area contributed by atoms with Gasteiger partial charge >= 0.3 is 0 Å². The largest absolute Gasteiger partial charge is 0.245 e. The minimum atomic E-state index is 0. The molecule has 7 aromatic rings. The van der Waals surface area contributed by atoms with E-state index in [2.05, 4.69) is 133 Å². The smallest absolute Gasteiger partial charge is 0.0978 e. The van der Waals surface area contributed by atoms with Crippen molar-refractivity contribution in [3.63, 3.8) is 0 Å². The molecule has 0 aliphatic heterocycles. The van der Waals surface area contributed by atoms with Gasteiger partial charge in [0, 0.05) is 42.3 Å². The molecule has 2 aromatic heterocycles. The zero-order chi connectivity index (χ0) is 25.3. The first-order valence-electron chi connectivity index (χ1n) is 12.9. The summed E-state index contributed by atoms with van der Waals surface area (Å²) in [7, 11) is 0. The third-order valence-electron chi connectivity index (χ3n) is 7.07. The van der Waals surface area contributed by atoms with E-state index >= 15 is 0 Å². The number of fused-ring (bicyclic) bond motifs is 3. The Hall–Kier alpha value is -4.42. The van der Waals surface area contributed by atoms with Gasteiger partial charge in [-0.3, -0.25) is 0 Å². The molecule has 0 saturated heterocycles. The summed E-state index contributed by atoms with van der Waals surface area (Å²) in [6.07, 6.45) is 0. The third kappa shape index (κ3) is 4.68. The van der Waals surface area contributed by atoms with Crippen molar-refractivity contribution in [1.29, 1.82) is 0 Å². The fraction of sp³-hybridized carbons (Fsp3) is 0. The topological polar surface area (TPSA) is 25.8 Å². The summed E-state index contributed by atoms with van der Waals surface area (Å²) < 4.78 is 0. The molecule has 0 aliphatic rings. The van der Waals surface area contributed by atoms with Gasteiger partial charge in [0.15, 0.2) is 0 Å². The fourth-order valence-electron chi connectivity index (χ4n) is 5.20. The molecule has 1 radical (unpaired) electrons. The molecule has 0 spiro atoms. The van der Waals surface area contributed by atoms with Crippen LogP contribution in [0.4, 0.5) is 0 Å². The molecule has 0 unspecified atom stereocenters. The molecule has 0 fully saturated rings. The maximum absolute atomic E-state index is 5.27. The summed E-state index contributed by atoms with van der Waals surface area (Å²) in [6, 6.07) is 50.7. The maximum Gasteiger partial charge on any atom is 0.0978 e. The Balaban J connectivity index is 0.00000277. The van der Waals surface area contributed by atoms with Gasteiger partial charge < -0.3 is 0 Å². The Labute approximate surface area is 241 Å². The molecule has 2 heterocycles. The van der Waals surface area contributed by atoms with Crippen LogP contribution in [0, 0.1) is 0 Å². The van der Waals surface area contributed by atoms with Gasteiger partial charge in [0.05, 0.1) is 22.4 Å². The quantitative estimate of drug-likeness (QED) is 0.175. The second-order valence-electron chi connectivity index (χ2n) is 9.43. The van der Waals surface area contributed by atoms with E-state index in [4.69, 9.17) is 9.97 Å². The van der Waals surface area contributed by atoms with Gasteiger partial charge in [0.1, 0.15) is 0 Å². The molecular formula is C36H24N2Re. The van der Waals surface area contributed by atoms with Crippen LogP contribution in [0.1, 0.15) is 0 Å². The van der Waals surface area contributed by atoms with Crippen molar-refractivity contribution in [3.8, 4) is 44.8 Å². The van der Waals surface area contributed by atoms with Gasteiger partial charge in [-0.25, -0.2) is 9.97 Å². The first-order valence-corrected chi connectivity index (χ1v) is 12.9. The summed E-state index contributed by atoms with van der Waals surface area (Å²) in [4.78, 5) is 10.5. The van der Waals surface area contributed by atoms with Crippen LogP contribution in [0.25, 0.3) is 66.6 Å². The minimum absolute atomic E-state index is 0. The van der Waals surface area contributed by atoms with E-state index in [0.29, 0.717) is 0 Å². The van der Waals surface area contributed by atoms with Crippen molar-refractivity contribution in [2.24, 2.45) is 0 Å². The van der Waals surface area contributed by atoms with Gasteiger partial charge in [0.2, 0.25) is 0 Å². The number of hydrogen-bond acceptors (Lipinski definition) is 2. The Bertz CT molecular complexity index is 1740. The molecule has 0 bridgehead atoms. The van der Waals surface area contributed by atoms with Crippen molar-refractivity contribution < 1.29 is 20.4 Å². The molecule has 0 N–H and O–H groups in total. The Morgan fingerprint density at radius 3 is 0.974 bits per heavy atom. The van der Waals surface area contributed by atoms with Gasteiger partial charge in [0.25, 0.3) is 0 Å². The number of pyridine rings is 2. The summed E-state index contributed by atoms with van der Waals surface area (Å²) >= 11 is 0. The number of aromatic nitrogens is 2. The predicted octanol–water partition coefficient (Wildman–Crippen LogP) is 9.45. The molecule has 0 atom stereocenters. The van der Waals surface area contributed by atoms with Crippen LogP contribution in [0.5, 0.6) is 0 Å². The van der Waals surface area contributed by atoms with E-state index in [0.717, 1.165) is 55.4 Å². The van der Waals surface area contributed by atoms with Crippen molar-refractivity contribution in [2.45, 2.75) is 0 Å². The monoisotopic (exact) mass is 671 g/mol. The minimum Gasteiger partial charge on any atom is -0.245 e. The number of benzene rings is 5. The van der Waals surface area contributed by atoms with E-state index < -0.39 is 0 Å². The van der Waals surface area contributed by atoms with Crippen molar-refractivity contribution in [3.05, 3.63) is 146 Å². The van der Waals surface area contributed by atoms with Crippen molar-refractivity contribution in [2.75, 3.05) is 0 Å². The fourth-order valence-corrected chi connectivity index (χ4v) is 5.20. The molecular weight excluding hydrogens is 647 g/mol. The van der Waals surface area contributed by atoms with Gasteiger partial charge in [-0.2, -0.15) is 0 Å². The number of nitrogens with zero attached hydrogens (tertiary/aromatic N) is 2. The third-order valence-corrected chi connectivity index (χ3v) is 7.07. The molecule has 185 valence electrons. The van der Waals surface area contributed by atoms with Crippen LogP contribution >= 0.6 is 0 Å². The van der Waals surface area contributed by atoms with Crippen LogP contribution in [-0.4, -0.2) is 9.97 Å². The SMILES string of the molecule is [Re].c1ccc(-c2cc(-c3ccccc3)c3ccc4c(-c5ccccc5)cc(-c5ccccc5)nc4c3n2)cc1. The van der Waals surface area contributed by atoms with Crippen molar-refractivity contribution >= 4 is 21.8 Å². The number of rotatable bonds is 4. The molecule has 7 rings (SSSR count). The first kappa shape index (κ1) is 24.9. The van der Waals surface area contributed by atoms with E-state index in [-0.39, 0.29) is 20.4 Å². The van der Waals surface area contributed by atoms with Crippen molar-refractivity contribution in [1.82, 2.24) is 9.97 Å². The molecule has 39 heavy (non-hydrogen) atoms. The molecule has 0 aliphatic carbocycles. The summed E-state index contributed by atoms with van der Waals surface area (Å²) in [5.74, 6) is 0. The van der Waals surface area contributed by atoms with Crippen LogP contribution in [0.3, 0.4) is 0 Å². The van der Waals surface area contributed by atoms with E-state index in [1.165, 1.54) is 11.1 Å². The van der Waals surface area contributed by atoms with Crippen LogP contribution in [0.15, 0.2) is 146 Å². The Morgan fingerprint density at radius 2 is 0.641 bits per heavy atom. The average molecular weight is 671 g/mol. The van der Waals surface area contributed by atoms with E-state index in [1.54, 1.807) is 0 Å². The van der Waals surface area contributed by atoms with Gasteiger partial charge in [-0.05, 0) is 34.4 Å². The zero-order valence-electron chi connectivity index (χ0n) is 21.1. The Morgan fingerprint density at radius 1 is 0.333 bits per heavy atom. The van der Waals surface area contributed by atoms with Crippen LogP contribution in [-0.2, 0) is 20.4 Å². The van der Waals surface area contributed by atoms with Crippen LogP contribution in [0.2, 0.25) is 0 Å². The molecule has 2 nitrogen and oxygen atoms in total. The molecule has 3 heteroatoms. The number of hydrogen-bond donors (Lipinski definition) is 0. The average Bonchev–Trinajstić information content (AvgIpc) is 3.01. The zero-order valence-corrected chi connectivity index (χ0v) is 23.8. The summed E-state index contributed by atoms with van der Waals surface area (Å²) in [5, 5.41) is 2.19. The summed E-state index contributed by atoms with van der Waals surface area (Å²) in [5.41, 5.74) is 10.5. The normalized spacial score (nSPS) is 10.9. The molecule has 0 saturated carbocycles. The van der Waals surface area contributed by atoms with Gasteiger partial charge in [-0.15, -0.1) is 0 Å².